The number of benzene rings is 2. The first kappa shape index (κ1) is 20.0. The Morgan fingerprint density at radius 1 is 1.03 bits per heavy atom. The first-order chi connectivity index (χ1) is 14.1. The fourth-order valence-corrected chi connectivity index (χ4v) is 5.12. The molecular weight excluding hydrogens is 382 g/mol. The van der Waals surface area contributed by atoms with Gasteiger partial charge in [0.15, 0.2) is 0 Å². The highest BCUT2D eigenvalue weighted by Gasteiger charge is 2.29. The third-order valence-electron chi connectivity index (χ3n) is 5.68. The second-order valence-electron chi connectivity index (χ2n) is 7.95. The zero-order valence-corrected chi connectivity index (χ0v) is 17.5. The van der Waals surface area contributed by atoms with Crippen molar-refractivity contribution >= 4 is 29.3 Å². The molecule has 2 N–H and O–H groups in total. The average molecular weight is 410 g/mol. The number of piperidine rings is 1. The smallest absolute Gasteiger partial charge is 0.251 e. The van der Waals surface area contributed by atoms with Crippen LogP contribution in [-0.2, 0) is 4.79 Å². The number of carbonyl (C=O) groups is 2. The molecule has 0 aliphatic carbocycles. The van der Waals surface area contributed by atoms with Gasteiger partial charge in [-0.05, 0) is 74.7 Å². The van der Waals surface area contributed by atoms with Gasteiger partial charge in [-0.3, -0.25) is 9.59 Å². The first-order valence-corrected chi connectivity index (χ1v) is 11.1. The van der Waals surface area contributed by atoms with Crippen LogP contribution in [0.3, 0.4) is 0 Å². The summed E-state index contributed by atoms with van der Waals surface area (Å²) in [4.78, 5) is 28.6. The molecule has 3 heterocycles. The molecule has 3 saturated heterocycles. The van der Waals surface area contributed by atoms with Crippen LogP contribution in [0, 0.1) is 5.92 Å². The maximum atomic E-state index is 12.7. The molecule has 3 fully saturated rings. The number of rotatable bonds is 5. The molecule has 0 aromatic heterocycles. The lowest BCUT2D eigenvalue weighted by Crippen LogP contribution is -2.41. The molecular formula is C23H27N3O2S. The summed E-state index contributed by atoms with van der Waals surface area (Å²) < 4.78 is 0. The minimum Gasteiger partial charge on any atom is -0.348 e. The Morgan fingerprint density at radius 2 is 1.76 bits per heavy atom. The average Bonchev–Trinajstić information content (AvgIpc) is 3.02. The van der Waals surface area contributed by atoms with Gasteiger partial charge in [-0.2, -0.15) is 0 Å². The first-order valence-electron chi connectivity index (χ1n) is 10.2. The van der Waals surface area contributed by atoms with Gasteiger partial charge in [0.2, 0.25) is 5.91 Å². The molecule has 3 aliphatic rings. The molecule has 152 valence electrons. The predicted octanol–water partition coefficient (Wildman–Crippen LogP) is 4.01. The van der Waals surface area contributed by atoms with E-state index in [4.69, 9.17) is 0 Å². The van der Waals surface area contributed by atoms with E-state index in [0.29, 0.717) is 5.56 Å². The van der Waals surface area contributed by atoms with Gasteiger partial charge in [0.05, 0.1) is 5.69 Å². The van der Waals surface area contributed by atoms with E-state index in [1.807, 2.05) is 48.5 Å². The Balaban J connectivity index is 1.39. The van der Waals surface area contributed by atoms with Crippen molar-refractivity contribution in [1.82, 2.24) is 10.2 Å². The summed E-state index contributed by atoms with van der Waals surface area (Å²) in [6.45, 7) is 4.81. The number of carbonyl (C=O) groups excluding carboxylic acids is 2. The summed E-state index contributed by atoms with van der Waals surface area (Å²) in [6.07, 6.45) is 3.62. The number of nitrogens with one attached hydrogen (secondary N) is 2. The number of anilines is 1. The summed E-state index contributed by atoms with van der Waals surface area (Å²) in [5.74, 6) is 0.669. The van der Waals surface area contributed by atoms with E-state index in [1.54, 1.807) is 11.8 Å². The van der Waals surface area contributed by atoms with Gasteiger partial charge in [-0.1, -0.05) is 23.9 Å². The number of fused-ring (bicyclic) bond motifs is 4. The Hall–Kier alpha value is -2.31. The van der Waals surface area contributed by atoms with Crippen LogP contribution in [0.25, 0.3) is 0 Å². The van der Waals surface area contributed by atoms with E-state index >= 15 is 0 Å². The topological polar surface area (TPSA) is 61.4 Å². The molecule has 2 aromatic carbocycles. The molecule has 3 aliphatic heterocycles. The van der Waals surface area contributed by atoms with Crippen molar-refractivity contribution in [1.29, 1.82) is 0 Å². The van der Waals surface area contributed by atoms with Crippen LogP contribution in [0.2, 0.25) is 0 Å². The predicted molar refractivity (Wildman–Crippen MR) is 116 cm³/mol. The van der Waals surface area contributed by atoms with E-state index in [-0.39, 0.29) is 17.9 Å². The van der Waals surface area contributed by atoms with Gasteiger partial charge in [0, 0.05) is 34.9 Å². The summed E-state index contributed by atoms with van der Waals surface area (Å²) >= 11 is 1.57. The monoisotopic (exact) mass is 409 g/mol. The molecule has 6 heteroatoms. The van der Waals surface area contributed by atoms with Crippen LogP contribution in [-0.4, -0.2) is 42.4 Å². The molecule has 1 atom stereocenters. The highest BCUT2D eigenvalue weighted by molar-refractivity contribution is 7.99. The Kier molecular flexibility index (Phi) is 6.21. The van der Waals surface area contributed by atoms with Crippen LogP contribution in [0.15, 0.2) is 58.3 Å². The summed E-state index contributed by atoms with van der Waals surface area (Å²) in [5.41, 5.74) is 1.49. The number of hydrogen-bond donors (Lipinski definition) is 2. The highest BCUT2D eigenvalue weighted by Crippen LogP contribution is 2.33. The van der Waals surface area contributed by atoms with E-state index < -0.39 is 0 Å². The fraction of sp³-hybridized carbons (Fsp3) is 0.391. The van der Waals surface area contributed by atoms with Crippen molar-refractivity contribution in [2.24, 2.45) is 5.92 Å². The second-order valence-corrected chi connectivity index (χ2v) is 9.07. The van der Waals surface area contributed by atoms with E-state index in [9.17, 15) is 9.59 Å². The quantitative estimate of drug-likeness (QED) is 0.783. The van der Waals surface area contributed by atoms with Gasteiger partial charge in [0.25, 0.3) is 5.91 Å². The fourth-order valence-electron chi connectivity index (χ4n) is 4.22. The minimum absolute atomic E-state index is 0.00713. The lowest BCUT2D eigenvalue weighted by Gasteiger charge is -2.26. The van der Waals surface area contributed by atoms with Crippen LogP contribution >= 0.6 is 11.8 Å². The molecule has 1 unspecified atom stereocenters. The van der Waals surface area contributed by atoms with Crippen molar-refractivity contribution in [3.63, 3.8) is 0 Å². The Bertz CT molecular complexity index is 862. The molecule has 0 saturated carbocycles. The lowest BCUT2D eigenvalue weighted by atomic mass is 9.94. The van der Waals surface area contributed by atoms with Gasteiger partial charge < -0.3 is 15.5 Å². The van der Waals surface area contributed by atoms with Crippen LogP contribution < -0.4 is 10.6 Å². The van der Waals surface area contributed by atoms with Crippen LogP contribution in [0.5, 0.6) is 0 Å². The normalized spacial score (nSPS) is 23.3. The molecule has 29 heavy (non-hydrogen) atoms. The van der Waals surface area contributed by atoms with E-state index in [1.165, 1.54) is 32.9 Å². The Labute approximate surface area is 176 Å². The van der Waals surface area contributed by atoms with Crippen LogP contribution in [0.4, 0.5) is 5.69 Å². The Morgan fingerprint density at radius 3 is 2.48 bits per heavy atom. The molecule has 0 radical (unpaired) electrons. The molecule has 0 spiro atoms. The third kappa shape index (κ3) is 5.19. The zero-order valence-electron chi connectivity index (χ0n) is 16.7. The number of para-hydroxylation sites is 1. The molecule has 2 bridgehead atoms. The van der Waals surface area contributed by atoms with Gasteiger partial charge in [0.1, 0.15) is 0 Å². The van der Waals surface area contributed by atoms with Crippen molar-refractivity contribution < 1.29 is 9.59 Å². The molecule has 2 amide bonds. The summed E-state index contributed by atoms with van der Waals surface area (Å²) in [5, 5.41) is 6.10. The second kappa shape index (κ2) is 9.01. The number of nitrogens with zero attached hydrogens (tertiary/aromatic N) is 1. The van der Waals surface area contributed by atoms with Gasteiger partial charge in [-0.25, -0.2) is 0 Å². The van der Waals surface area contributed by atoms with Crippen molar-refractivity contribution in [2.45, 2.75) is 42.0 Å². The number of amides is 2. The van der Waals surface area contributed by atoms with Crippen molar-refractivity contribution in [2.75, 3.05) is 25.0 Å². The van der Waals surface area contributed by atoms with Crippen LogP contribution in [0.1, 0.15) is 36.5 Å². The third-order valence-corrected chi connectivity index (χ3v) is 6.76. The molecule has 2 aromatic rings. The summed E-state index contributed by atoms with van der Waals surface area (Å²) in [7, 11) is 0. The minimum atomic E-state index is -0.0895. The standard InChI is InChI=1S/C23H27N3O2S/c1-16(27)24-21-4-2-3-5-22(21)29-20-8-6-18(7-9-20)23(28)25-19-14-17-10-12-26(15-19)13-11-17/h2-9,17,19H,10-15H2,1H3,(H,24,27)(H,25,28). The SMILES string of the molecule is CC(=O)Nc1ccccc1Sc1ccc(C(=O)NC2CC3CCN(CC3)C2)cc1. The highest BCUT2D eigenvalue weighted by atomic mass is 32.2. The van der Waals surface area contributed by atoms with E-state index in [0.717, 1.165) is 34.4 Å². The van der Waals surface area contributed by atoms with Gasteiger partial charge >= 0.3 is 0 Å². The lowest BCUT2D eigenvalue weighted by molar-refractivity contribution is -0.114. The van der Waals surface area contributed by atoms with E-state index in [2.05, 4.69) is 15.5 Å². The zero-order chi connectivity index (χ0) is 20.2. The maximum Gasteiger partial charge on any atom is 0.251 e. The van der Waals surface area contributed by atoms with Crippen molar-refractivity contribution in [3.8, 4) is 0 Å². The van der Waals surface area contributed by atoms with Gasteiger partial charge in [-0.15, -0.1) is 0 Å². The maximum absolute atomic E-state index is 12.7. The summed E-state index contributed by atoms with van der Waals surface area (Å²) in [6, 6.07) is 15.7. The van der Waals surface area contributed by atoms with Crippen molar-refractivity contribution in [3.05, 3.63) is 54.1 Å². The number of hydrogen-bond acceptors (Lipinski definition) is 4. The molecule has 5 nitrogen and oxygen atoms in total. The largest absolute Gasteiger partial charge is 0.348 e. The molecule has 5 rings (SSSR count).